The van der Waals surface area contributed by atoms with Crippen molar-refractivity contribution in [3.8, 4) is 0 Å². The van der Waals surface area contributed by atoms with Gasteiger partial charge in [-0.1, -0.05) is 40.0 Å². The highest BCUT2D eigenvalue weighted by molar-refractivity contribution is 5.96. The molecule has 2 saturated heterocycles. The van der Waals surface area contributed by atoms with Crippen LogP contribution in [0, 0.1) is 0 Å². The summed E-state index contributed by atoms with van der Waals surface area (Å²) >= 11 is 0. The number of carbonyl (C=O) groups is 11. The van der Waals surface area contributed by atoms with Gasteiger partial charge in [0.2, 0.25) is 59.1 Å². The summed E-state index contributed by atoms with van der Waals surface area (Å²) in [5.74, 6) is -7.99. The summed E-state index contributed by atoms with van der Waals surface area (Å²) in [6, 6.07) is -4.84. The first-order valence-electron chi connectivity index (χ1n) is 21.5. The van der Waals surface area contributed by atoms with Crippen LogP contribution in [0.25, 0.3) is 0 Å². The number of rotatable bonds is 27. The van der Waals surface area contributed by atoms with Crippen LogP contribution in [-0.2, 0) is 52.7 Å². The van der Waals surface area contributed by atoms with E-state index in [1.807, 2.05) is 0 Å². The number of carboxylic acids is 1. The minimum absolute atomic E-state index is 0.134. The number of primary amides is 1. The zero-order valence-corrected chi connectivity index (χ0v) is 36.6. The molecule has 5 atom stereocenters. The van der Waals surface area contributed by atoms with Crippen molar-refractivity contribution in [3.63, 3.8) is 0 Å². The summed E-state index contributed by atoms with van der Waals surface area (Å²) in [7, 11) is 0. The number of aliphatic carboxylic acids is 1. The summed E-state index contributed by atoms with van der Waals surface area (Å²) in [6.07, 6.45) is 5.38. The van der Waals surface area contributed by atoms with E-state index in [0.29, 0.717) is 38.6 Å². The molecule has 5 unspecified atom stereocenters. The van der Waals surface area contributed by atoms with Crippen LogP contribution in [-0.4, -0.2) is 158 Å². The van der Waals surface area contributed by atoms with Crippen molar-refractivity contribution < 1.29 is 57.8 Å². The van der Waals surface area contributed by atoms with Gasteiger partial charge in [-0.05, 0) is 64.5 Å². The Hall–Kier alpha value is -5.91. The molecule has 0 saturated carbocycles. The Kier molecular flexibility index (Phi) is 27.1. The summed E-state index contributed by atoms with van der Waals surface area (Å²) in [5, 5.41) is 31.1. The van der Waals surface area contributed by atoms with Gasteiger partial charge in [-0.2, -0.15) is 0 Å². The van der Waals surface area contributed by atoms with E-state index in [0.717, 1.165) is 13.0 Å². The molecule has 0 aromatic carbocycles. The van der Waals surface area contributed by atoms with Crippen LogP contribution in [0.1, 0.15) is 97.8 Å². The van der Waals surface area contributed by atoms with Crippen molar-refractivity contribution in [1.29, 1.82) is 0 Å². The Morgan fingerprint density at radius 3 is 1.70 bits per heavy atom. The number of nitrogens with zero attached hydrogens (tertiary/aromatic N) is 1. The lowest BCUT2D eigenvalue weighted by Crippen LogP contribution is -2.56. The molecular weight excluding hydrogens is 829 g/mol. The molecule has 2 fully saturated rings. The van der Waals surface area contributed by atoms with Crippen LogP contribution in [0.15, 0.2) is 0 Å². The van der Waals surface area contributed by atoms with Crippen LogP contribution in [0.2, 0.25) is 0 Å². The Labute approximate surface area is 367 Å². The van der Waals surface area contributed by atoms with Gasteiger partial charge in [-0.15, -0.1) is 0 Å². The number of amides is 10. The molecule has 0 bridgehead atoms. The lowest BCUT2D eigenvalue weighted by molar-refractivity contribution is -0.141. The third-order valence-electron chi connectivity index (χ3n) is 9.70. The third-order valence-corrected chi connectivity index (χ3v) is 9.70. The minimum Gasteiger partial charge on any atom is -0.480 e. The largest absolute Gasteiger partial charge is 0.480 e. The van der Waals surface area contributed by atoms with Crippen LogP contribution < -0.4 is 59.3 Å². The van der Waals surface area contributed by atoms with Crippen LogP contribution in [0.3, 0.4) is 0 Å². The molecule has 14 N–H and O–H groups in total. The molecule has 0 spiro atoms. The highest BCUT2D eigenvalue weighted by Crippen LogP contribution is 2.17. The van der Waals surface area contributed by atoms with E-state index in [4.69, 9.17) is 16.6 Å². The highest BCUT2D eigenvalue weighted by atomic mass is 16.4. The van der Waals surface area contributed by atoms with E-state index in [-0.39, 0.29) is 38.1 Å². The maximum Gasteiger partial charge on any atom is 0.322 e. The number of nitrogens with one attached hydrogen (secondary N) is 9. The van der Waals surface area contributed by atoms with Gasteiger partial charge in [0.1, 0.15) is 30.7 Å². The zero-order chi connectivity index (χ0) is 47.3. The van der Waals surface area contributed by atoms with Gasteiger partial charge in [0.25, 0.3) is 0 Å². The topological polar surface area (TPSA) is 372 Å². The van der Waals surface area contributed by atoms with Gasteiger partial charge in [0.15, 0.2) is 0 Å². The lowest BCUT2D eigenvalue weighted by atomic mass is 10.1. The molecule has 2 rings (SSSR count). The molecule has 0 aromatic rings. The van der Waals surface area contributed by atoms with Crippen molar-refractivity contribution in [2.24, 2.45) is 11.5 Å². The Morgan fingerprint density at radius 1 is 0.635 bits per heavy atom. The molecule has 2 aliphatic rings. The van der Waals surface area contributed by atoms with Crippen molar-refractivity contribution in [2.75, 3.05) is 52.4 Å². The molecule has 24 heteroatoms. The maximum atomic E-state index is 13.2. The summed E-state index contributed by atoms with van der Waals surface area (Å²) in [5.41, 5.74) is 10.4. The van der Waals surface area contributed by atoms with Gasteiger partial charge < -0.3 is 69.3 Å². The number of hydrogen-bond acceptors (Lipinski definition) is 13. The Balaban J connectivity index is 0.00000374. The highest BCUT2D eigenvalue weighted by Gasteiger charge is 2.34. The maximum absolute atomic E-state index is 13.2. The Morgan fingerprint density at radius 2 is 1.19 bits per heavy atom. The second-order valence-electron chi connectivity index (χ2n) is 15.0. The first-order chi connectivity index (χ1) is 30.0. The molecule has 24 nitrogen and oxygen atoms in total. The van der Waals surface area contributed by atoms with Crippen LogP contribution in [0.4, 0.5) is 0 Å². The average Bonchev–Trinajstić information content (AvgIpc) is 3.98. The molecule has 0 aromatic heterocycles. The van der Waals surface area contributed by atoms with E-state index >= 15 is 0 Å². The van der Waals surface area contributed by atoms with Crippen molar-refractivity contribution in [1.82, 2.24) is 52.8 Å². The molecule has 2 aliphatic heterocycles. The van der Waals surface area contributed by atoms with Gasteiger partial charge in [0.05, 0.1) is 32.2 Å². The predicted molar refractivity (Wildman–Crippen MR) is 226 cm³/mol. The molecule has 0 aliphatic carbocycles. The molecule has 63 heavy (non-hydrogen) atoms. The van der Waals surface area contributed by atoms with E-state index in [1.165, 1.54) is 17.7 Å². The van der Waals surface area contributed by atoms with E-state index in [9.17, 15) is 52.7 Å². The van der Waals surface area contributed by atoms with Gasteiger partial charge >= 0.3 is 5.97 Å². The quantitative estimate of drug-likeness (QED) is 0.0370. The number of carbonyl (C=O) groups excluding carboxylic acids is 10. The smallest absolute Gasteiger partial charge is 0.322 e. The fraction of sp³-hybridized carbons (Fsp3) is 0.718. The minimum atomic E-state index is -1.28. The average molecular weight is 897 g/mol. The lowest BCUT2D eigenvalue weighted by Gasteiger charge is -2.24. The monoisotopic (exact) mass is 897 g/mol. The van der Waals surface area contributed by atoms with Crippen LogP contribution >= 0.6 is 0 Å². The van der Waals surface area contributed by atoms with Gasteiger partial charge in [-0.25, -0.2) is 0 Å². The number of nitrogens with two attached hydrogens (primary N) is 2. The van der Waals surface area contributed by atoms with E-state index in [2.05, 4.69) is 54.8 Å². The predicted octanol–water partition coefficient (Wildman–Crippen LogP) is -4.54. The van der Waals surface area contributed by atoms with Crippen molar-refractivity contribution in [3.05, 3.63) is 0 Å². The van der Waals surface area contributed by atoms with E-state index < -0.39 is 122 Å². The summed E-state index contributed by atoms with van der Waals surface area (Å²) in [6.45, 7) is 4.74. The van der Waals surface area contributed by atoms with Crippen molar-refractivity contribution >= 4 is 65.0 Å². The number of hydrogen-bond donors (Lipinski definition) is 12. The first kappa shape index (κ1) is 55.1. The zero-order valence-electron chi connectivity index (χ0n) is 36.6. The molecular formula is C39H68N12O12. The molecule has 2 heterocycles. The van der Waals surface area contributed by atoms with Gasteiger partial charge in [0, 0.05) is 13.0 Å². The third kappa shape index (κ3) is 22.7. The normalized spacial score (nSPS) is 16.7. The number of carboxylic acid groups (broad SMARTS) is 1. The molecule has 0 radical (unpaired) electrons. The molecule has 10 amide bonds. The van der Waals surface area contributed by atoms with Crippen molar-refractivity contribution in [2.45, 2.75) is 128 Å². The molecule has 356 valence electrons. The Bertz CT molecular complexity index is 1570. The van der Waals surface area contributed by atoms with E-state index in [1.54, 1.807) is 13.8 Å². The first-order valence-corrected chi connectivity index (χ1v) is 21.5. The summed E-state index contributed by atoms with van der Waals surface area (Å²) in [4.78, 5) is 138. The van der Waals surface area contributed by atoms with Gasteiger partial charge in [-0.3, -0.25) is 52.7 Å². The fourth-order valence-electron chi connectivity index (χ4n) is 6.37. The number of likely N-dealkylation sites (tertiary alicyclic amines) is 1. The second-order valence-corrected chi connectivity index (χ2v) is 15.0. The second kappa shape index (κ2) is 31.0. The summed E-state index contributed by atoms with van der Waals surface area (Å²) < 4.78 is 0. The standard InChI is InChI=1S/C35H57N11O12.C4H11N/c1-3-7-21(32(55)39-15-26(48)38-18-29(51)46-14-6-10-24(46)35(58)42-19-30(52)53)43-27(49)17-41-33(56)22(8-4-2)45-34(57)23(11-12-25(36)47)44-28(50)16-40-31(54)20-9-5-13-37-20;1-2-3-4-5/h20-24,37H,3-19H2,1-2H3,(H2,36,47)(H,38,48)(H,39,55)(H,40,54)(H,41,56)(H,42,58)(H,43,49)(H,44,50)(H,45,57)(H,52,53);2-5H2,1H3. The number of unbranched alkanes of at least 4 members (excludes halogenated alkanes) is 1. The van der Waals surface area contributed by atoms with Crippen LogP contribution in [0.5, 0.6) is 0 Å². The SMILES string of the molecule is CCCC(NC(=O)CNC(=O)C(CCC)NC(=O)C(CCC(N)=O)NC(=O)CNC(=O)C1CCCN1)C(=O)NCC(=O)NCC(=O)N1CCCC1C(=O)NCC(=O)O.CCCCN. The fourth-order valence-corrected chi connectivity index (χ4v) is 6.37.